The summed E-state index contributed by atoms with van der Waals surface area (Å²) in [6.45, 7) is 1.05. The maximum absolute atomic E-state index is 12.2. The second kappa shape index (κ2) is 9.12. The largest absolute Gasteiger partial charge is 0.494 e. The van der Waals surface area contributed by atoms with E-state index in [0.717, 1.165) is 11.3 Å². The second-order valence-electron chi connectivity index (χ2n) is 5.52. The normalized spacial score (nSPS) is 11.1. The van der Waals surface area contributed by atoms with Crippen LogP contribution < -0.4 is 14.8 Å². The Morgan fingerprint density at radius 3 is 2.58 bits per heavy atom. The van der Waals surface area contributed by atoms with Crippen molar-refractivity contribution in [3.8, 4) is 11.5 Å². The van der Waals surface area contributed by atoms with Crippen LogP contribution in [0.3, 0.4) is 0 Å². The lowest BCUT2D eigenvalue weighted by atomic mass is 10.1. The minimum atomic E-state index is -4.41. The van der Waals surface area contributed by atoms with Crippen molar-refractivity contribution >= 4 is 11.6 Å². The third kappa shape index (κ3) is 6.66. The van der Waals surface area contributed by atoms with Crippen LogP contribution >= 0.6 is 0 Å². The summed E-state index contributed by atoms with van der Waals surface area (Å²) in [7, 11) is 0. The van der Waals surface area contributed by atoms with Gasteiger partial charge in [0.05, 0.1) is 6.61 Å². The molecule has 0 aliphatic rings. The highest BCUT2D eigenvalue weighted by molar-refractivity contribution is 5.91. The van der Waals surface area contributed by atoms with Crippen molar-refractivity contribution in [3.05, 3.63) is 54.1 Å². The fourth-order valence-electron chi connectivity index (χ4n) is 2.31. The molecule has 0 radical (unpaired) electrons. The second-order valence-corrected chi connectivity index (χ2v) is 5.52. The molecule has 2 rings (SSSR count). The Balaban J connectivity index is 1.90. The summed E-state index contributed by atoms with van der Waals surface area (Å²) in [6.07, 6.45) is -3.70. The number of hydrogen-bond acceptors (Lipinski definition) is 3. The van der Waals surface area contributed by atoms with E-state index in [-0.39, 0.29) is 18.1 Å². The molecular formula is C19H20F3NO3. The first kappa shape index (κ1) is 19.6. The summed E-state index contributed by atoms with van der Waals surface area (Å²) >= 11 is 0. The number of rotatable bonds is 8. The summed E-state index contributed by atoms with van der Waals surface area (Å²) in [5.74, 6) is 0.538. The molecule has 0 aliphatic carbocycles. The number of hydrogen-bond donors (Lipinski definition) is 1. The number of ether oxygens (including phenoxy) is 2. The van der Waals surface area contributed by atoms with E-state index in [2.05, 4.69) is 10.1 Å². The number of para-hydroxylation sites is 1. The summed E-state index contributed by atoms with van der Waals surface area (Å²) in [6, 6.07) is 13.3. The molecule has 0 fully saturated rings. The Kier molecular flexibility index (Phi) is 6.89. The maximum atomic E-state index is 12.2. The topological polar surface area (TPSA) is 47.6 Å². The quantitative estimate of drug-likeness (QED) is 0.742. The van der Waals surface area contributed by atoms with Crippen LogP contribution in [0.4, 0.5) is 18.9 Å². The summed E-state index contributed by atoms with van der Waals surface area (Å²) in [5, 5.41) is 2.66. The molecule has 0 bridgehead atoms. The van der Waals surface area contributed by atoms with Gasteiger partial charge in [-0.1, -0.05) is 24.3 Å². The molecule has 7 heteroatoms. The molecule has 2 aromatic carbocycles. The molecule has 0 saturated heterocycles. The lowest BCUT2D eigenvalue weighted by Crippen LogP contribution is -2.19. The highest BCUT2D eigenvalue weighted by Gasteiger charge is 2.28. The van der Waals surface area contributed by atoms with E-state index in [1.807, 2.05) is 31.2 Å². The molecule has 1 N–H and O–H groups in total. The fraction of sp³-hybridized carbons (Fsp3) is 0.316. The Labute approximate surface area is 149 Å². The van der Waals surface area contributed by atoms with Gasteiger partial charge in [0, 0.05) is 18.2 Å². The zero-order valence-electron chi connectivity index (χ0n) is 14.3. The van der Waals surface area contributed by atoms with Crippen molar-refractivity contribution < 1.29 is 27.4 Å². The van der Waals surface area contributed by atoms with Gasteiger partial charge in [-0.15, -0.1) is 0 Å². The van der Waals surface area contributed by atoms with Crippen molar-refractivity contribution in [2.75, 3.05) is 18.5 Å². The molecule has 140 valence electrons. The van der Waals surface area contributed by atoms with Gasteiger partial charge in [0.1, 0.15) is 11.5 Å². The van der Waals surface area contributed by atoms with Gasteiger partial charge in [-0.05, 0) is 37.1 Å². The van der Waals surface area contributed by atoms with Crippen molar-refractivity contribution in [1.29, 1.82) is 0 Å². The molecule has 0 saturated carbocycles. The highest BCUT2D eigenvalue weighted by Crippen LogP contribution is 2.22. The SMILES string of the molecule is CCOc1ccccc1CCC(=O)Nc1cccc(OCC(F)(F)F)c1. The predicted molar refractivity (Wildman–Crippen MR) is 92.6 cm³/mol. The molecule has 4 nitrogen and oxygen atoms in total. The summed E-state index contributed by atoms with van der Waals surface area (Å²) in [5.41, 5.74) is 1.31. The first-order chi connectivity index (χ1) is 12.4. The predicted octanol–water partition coefficient (Wildman–Crippen LogP) is 4.60. The molecule has 26 heavy (non-hydrogen) atoms. The van der Waals surface area contributed by atoms with E-state index in [1.165, 1.54) is 18.2 Å². The monoisotopic (exact) mass is 367 g/mol. The maximum Gasteiger partial charge on any atom is 0.422 e. The first-order valence-corrected chi connectivity index (χ1v) is 8.17. The van der Waals surface area contributed by atoms with Crippen molar-refractivity contribution in [2.24, 2.45) is 0 Å². The van der Waals surface area contributed by atoms with Crippen molar-refractivity contribution in [2.45, 2.75) is 25.9 Å². The van der Waals surface area contributed by atoms with Gasteiger partial charge < -0.3 is 14.8 Å². The molecule has 0 aromatic heterocycles. The van der Waals surface area contributed by atoms with E-state index in [1.54, 1.807) is 6.07 Å². The third-order valence-corrected chi connectivity index (χ3v) is 3.41. The van der Waals surface area contributed by atoms with Crippen molar-refractivity contribution in [3.63, 3.8) is 0 Å². The van der Waals surface area contributed by atoms with Gasteiger partial charge in [0.2, 0.25) is 5.91 Å². The molecule has 0 atom stereocenters. The van der Waals surface area contributed by atoms with E-state index in [4.69, 9.17) is 4.74 Å². The molecule has 0 heterocycles. The Bertz CT molecular complexity index is 732. The Morgan fingerprint density at radius 2 is 1.85 bits per heavy atom. The fourth-order valence-corrected chi connectivity index (χ4v) is 2.31. The number of aryl methyl sites for hydroxylation is 1. The van der Waals surface area contributed by atoms with Crippen LogP contribution in [0.1, 0.15) is 18.9 Å². The number of anilines is 1. The number of carbonyl (C=O) groups is 1. The van der Waals surface area contributed by atoms with Gasteiger partial charge in [0.15, 0.2) is 6.61 Å². The molecule has 0 spiro atoms. The molecule has 2 aromatic rings. The van der Waals surface area contributed by atoms with Gasteiger partial charge in [-0.25, -0.2) is 0 Å². The standard InChI is InChI=1S/C19H20F3NO3/c1-2-25-17-9-4-3-6-14(17)10-11-18(24)23-15-7-5-8-16(12-15)26-13-19(20,21)22/h3-9,12H,2,10-11,13H2,1H3,(H,23,24). The van der Waals surface area contributed by atoms with Crippen LogP contribution in [-0.4, -0.2) is 25.3 Å². The lowest BCUT2D eigenvalue weighted by molar-refractivity contribution is -0.153. The van der Waals surface area contributed by atoms with E-state index in [0.29, 0.717) is 18.7 Å². The number of nitrogens with one attached hydrogen (secondary N) is 1. The van der Waals surface area contributed by atoms with Crippen LogP contribution in [0.2, 0.25) is 0 Å². The molecule has 1 amide bonds. The van der Waals surface area contributed by atoms with E-state index in [9.17, 15) is 18.0 Å². The van der Waals surface area contributed by atoms with E-state index >= 15 is 0 Å². The number of alkyl halides is 3. The van der Waals surface area contributed by atoms with Crippen LogP contribution in [-0.2, 0) is 11.2 Å². The summed E-state index contributed by atoms with van der Waals surface area (Å²) < 4.78 is 46.8. The van der Waals surface area contributed by atoms with E-state index < -0.39 is 12.8 Å². The number of carbonyl (C=O) groups excluding carboxylic acids is 1. The average Bonchev–Trinajstić information content (AvgIpc) is 2.59. The summed E-state index contributed by atoms with van der Waals surface area (Å²) in [4.78, 5) is 12.1. The number of halogens is 3. The molecular weight excluding hydrogens is 347 g/mol. The zero-order valence-corrected chi connectivity index (χ0v) is 14.3. The van der Waals surface area contributed by atoms with Gasteiger partial charge in [-0.2, -0.15) is 13.2 Å². The lowest BCUT2D eigenvalue weighted by Gasteiger charge is -2.12. The van der Waals surface area contributed by atoms with Crippen LogP contribution in [0.5, 0.6) is 11.5 Å². The number of amides is 1. The minimum absolute atomic E-state index is 0.0433. The van der Waals surface area contributed by atoms with Crippen LogP contribution in [0.15, 0.2) is 48.5 Å². The van der Waals surface area contributed by atoms with Crippen LogP contribution in [0, 0.1) is 0 Å². The number of benzene rings is 2. The van der Waals surface area contributed by atoms with Gasteiger partial charge in [-0.3, -0.25) is 4.79 Å². The van der Waals surface area contributed by atoms with Crippen LogP contribution in [0.25, 0.3) is 0 Å². The third-order valence-electron chi connectivity index (χ3n) is 3.41. The molecule has 0 aliphatic heterocycles. The minimum Gasteiger partial charge on any atom is -0.494 e. The Morgan fingerprint density at radius 1 is 1.08 bits per heavy atom. The van der Waals surface area contributed by atoms with Gasteiger partial charge in [0.25, 0.3) is 0 Å². The van der Waals surface area contributed by atoms with Crippen molar-refractivity contribution in [1.82, 2.24) is 0 Å². The Hall–Kier alpha value is -2.70. The first-order valence-electron chi connectivity index (χ1n) is 8.17. The highest BCUT2D eigenvalue weighted by atomic mass is 19.4. The smallest absolute Gasteiger partial charge is 0.422 e. The zero-order chi connectivity index (χ0) is 19.0. The molecule has 0 unspecified atom stereocenters. The van der Waals surface area contributed by atoms with Gasteiger partial charge >= 0.3 is 6.18 Å². The average molecular weight is 367 g/mol.